The molecule has 2 saturated carbocycles. The van der Waals surface area contributed by atoms with Gasteiger partial charge in [0.15, 0.2) is 0 Å². The van der Waals surface area contributed by atoms with Gasteiger partial charge in [-0.1, -0.05) is 55.4 Å². The molecule has 6 nitrogen and oxygen atoms in total. The van der Waals surface area contributed by atoms with E-state index in [1.807, 2.05) is 41.5 Å². The van der Waals surface area contributed by atoms with Crippen molar-refractivity contribution in [1.82, 2.24) is 10.6 Å². The number of hydrogen-bond acceptors (Lipinski definition) is 4. The van der Waals surface area contributed by atoms with Gasteiger partial charge in [0.2, 0.25) is 11.8 Å². The van der Waals surface area contributed by atoms with Crippen LogP contribution < -0.4 is 10.6 Å². The van der Waals surface area contributed by atoms with E-state index in [-0.39, 0.29) is 46.9 Å². The molecule has 0 bridgehead atoms. The maximum absolute atomic E-state index is 11.7. The van der Waals surface area contributed by atoms with Gasteiger partial charge in [-0.15, -0.1) is 0 Å². The third-order valence-corrected chi connectivity index (χ3v) is 6.34. The van der Waals surface area contributed by atoms with Crippen molar-refractivity contribution in [3.63, 3.8) is 0 Å². The van der Waals surface area contributed by atoms with E-state index >= 15 is 0 Å². The first-order valence-corrected chi connectivity index (χ1v) is 11.6. The van der Waals surface area contributed by atoms with Crippen molar-refractivity contribution in [1.29, 1.82) is 0 Å². The molecule has 0 aromatic carbocycles. The number of nitrogens with one attached hydrogen (secondary N) is 2. The summed E-state index contributed by atoms with van der Waals surface area (Å²) in [6.07, 6.45) is 4.84. The van der Waals surface area contributed by atoms with Gasteiger partial charge in [-0.3, -0.25) is 9.59 Å². The van der Waals surface area contributed by atoms with Crippen LogP contribution in [0.15, 0.2) is 0 Å². The summed E-state index contributed by atoms with van der Waals surface area (Å²) in [5.74, 6) is 0.893. The number of carbonyl (C=O) groups is 2. The second kappa shape index (κ2) is 10.9. The van der Waals surface area contributed by atoms with Crippen LogP contribution in [0.4, 0.5) is 0 Å². The lowest BCUT2D eigenvalue weighted by atomic mass is 9.84. The zero-order valence-corrected chi connectivity index (χ0v) is 20.4. The van der Waals surface area contributed by atoms with E-state index in [1.54, 1.807) is 0 Å². The van der Waals surface area contributed by atoms with E-state index in [0.717, 1.165) is 25.7 Å². The third kappa shape index (κ3) is 8.93. The van der Waals surface area contributed by atoms with Crippen molar-refractivity contribution in [3.8, 4) is 0 Å². The molecular weight excluding hydrogens is 380 g/mol. The van der Waals surface area contributed by atoms with Gasteiger partial charge < -0.3 is 20.8 Å². The van der Waals surface area contributed by atoms with Crippen molar-refractivity contribution in [2.45, 2.75) is 118 Å². The van der Waals surface area contributed by atoms with Gasteiger partial charge >= 0.3 is 0 Å². The van der Waals surface area contributed by atoms with E-state index in [2.05, 4.69) is 24.5 Å². The van der Waals surface area contributed by atoms with Crippen molar-refractivity contribution in [3.05, 3.63) is 0 Å². The maximum Gasteiger partial charge on any atom is 0.225 e. The molecule has 6 heteroatoms. The number of aliphatic hydroxyl groups is 2. The summed E-state index contributed by atoms with van der Waals surface area (Å²) in [6.45, 7) is 15.6. The molecule has 0 radical (unpaired) electrons. The van der Waals surface area contributed by atoms with Crippen LogP contribution in [0.25, 0.3) is 0 Å². The second-order valence-corrected chi connectivity index (χ2v) is 11.6. The first kappa shape index (κ1) is 26.9. The van der Waals surface area contributed by atoms with Crippen LogP contribution in [0.2, 0.25) is 0 Å². The summed E-state index contributed by atoms with van der Waals surface area (Å²) in [6, 6.07) is 0.311. The smallest absolute Gasteiger partial charge is 0.225 e. The van der Waals surface area contributed by atoms with Crippen molar-refractivity contribution < 1.29 is 19.8 Å². The summed E-state index contributed by atoms with van der Waals surface area (Å²) >= 11 is 0. The number of carbonyl (C=O) groups excluding carboxylic acids is 2. The largest absolute Gasteiger partial charge is 0.393 e. The predicted octanol–water partition coefficient (Wildman–Crippen LogP) is 3.40. The lowest BCUT2D eigenvalue weighted by Crippen LogP contribution is -2.46. The number of hydrogen-bond donors (Lipinski definition) is 4. The van der Waals surface area contributed by atoms with Crippen LogP contribution >= 0.6 is 0 Å². The first-order valence-electron chi connectivity index (χ1n) is 11.6. The number of aliphatic hydroxyl groups excluding tert-OH is 2. The van der Waals surface area contributed by atoms with Gasteiger partial charge in [0.1, 0.15) is 0 Å². The molecule has 176 valence electrons. The Labute approximate surface area is 183 Å². The van der Waals surface area contributed by atoms with Crippen LogP contribution in [-0.4, -0.2) is 46.3 Å². The minimum atomic E-state index is -0.339. The summed E-state index contributed by atoms with van der Waals surface area (Å²) in [5.41, 5.74) is -0.679. The quantitative estimate of drug-likeness (QED) is 0.544. The number of amides is 2. The Morgan fingerprint density at radius 2 is 0.967 bits per heavy atom. The summed E-state index contributed by atoms with van der Waals surface area (Å²) in [5, 5.41) is 25.4. The summed E-state index contributed by atoms with van der Waals surface area (Å²) < 4.78 is 0. The topological polar surface area (TPSA) is 98.7 Å². The van der Waals surface area contributed by atoms with Gasteiger partial charge in [0, 0.05) is 22.9 Å². The minimum Gasteiger partial charge on any atom is -0.393 e. The van der Waals surface area contributed by atoms with Crippen LogP contribution in [0, 0.1) is 22.7 Å². The van der Waals surface area contributed by atoms with Gasteiger partial charge in [-0.2, -0.15) is 0 Å². The zero-order valence-electron chi connectivity index (χ0n) is 20.4. The Hall–Kier alpha value is -1.14. The van der Waals surface area contributed by atoms with Crippen LogP contribution in [-0.2, 0) is 9.59 Å². The first-order chi connectivity index (χ1) is 13.6. The second-order valence-electron chi connectivity index (χ2n) is 11.6. The predicted molar refractivity (Wildman–Crippen MR) is 121 cm³/mol. The molecule has 0 unspecified atom stereocenters. The van der Waals surface area contributed by atoms with E-state index in [0.29, 0.717) is 24.7 Å². The molecule has 6 atom stereocenters. The van der Waals surface area contributed by atoms with Gasteiger partial charge in [0.25, 0.3) is 0 Å². The van der Waals surface area contributed by atoms with E-state index in [9.17, 15) is 19.8 Å². The van der Waals surface area contributed by atoms with Gasteiger partial charge in [0.05, 0.1) is 12.2 Å². The third-order valence-electron chi connectivity index (χ3n) is 6.34. The molecule has 0 heterocycles. The molecule has 30 heavy (non-hydrogen) atoms. The Morgan fingerprint density at radius 3 is 1.20 bits per heavy atom. The molecule has 0 aromatic heterocycles. The van der Waals surface area contributed by atoms with Crippen molar-refractivity contribution in [2.75, 3.05) is 0 Å². The highest BCUT2D eigenvalue weighted by Crippen LogP contribution is 2.26. The molecule has 0 aromatic rings. The van der Waals surface area contributed by atoms with E-state index in [1.165, 1.54) is 0 Å². The SMILES string of the molecule is C[C@@H]1CC[C@@H](NC(=O)C(C)(C)C)C[C@H]1O.C[C@H]1CC[C@H](NC(=O)C(C)(C)C)C[C@@H]1O. The lowest BCUT2D eigenvalue weighted by Gasteiger charge is -2.33. The maximum atomic E-state index is 11.7. The molecule has 2 aliphatic carbocycles. The van der Waals surface area contributed by atoms with Crippen molar-refractivity contribution in [2.24, 2.45) is 22.7 Å². The minimum absolute atomic E-state index is 0.0780. The monoisotopic (exact) mass is 426 g/mol. The average Bonchev–Trinajstić information content (AvgIpc) is 2.60. The fourth-order valence-corrected chi connectivity index (χ4v) is 3.66. The van der Waals surface area contributed by atoms with Gasteiger partial charge in [-0.05, 0) is 50.4 Å². The Kier molecular flexibility index (Phi) is 9.81. The molecule has 0 aliphatic heterocycles. The fourth-order valence-electron chi connectivity index (χ4n) is 3.66. The molecule has 2 rings (SSSR count). The van der Waals surface area contributed by atoms with Gasteiger partial charge in [-0.25, -0.2) is 0 Å². The van der Waals surface area contributed by atoms with E-state index < -0.39 is 0 Å². The summed E-state index contributed by atoms with van der Waals surface area (Å²) in [7, 11) is 0. The Morgan fingerprint density at radius 1 is 0.667 bits per heavy atom. The molecule has 0 saturated heterocycles. The van der Waals surface area contributed by atoms with Crippen LogP contribution in [0.3, 0.4) is 0 Å². The molecule has 0 spiro atoms. The van der Waals surface area contributed by atoms with Crippen LogP contribution in [0.5, 0.6) is 0 Å². The molecule has 4 N–H and O–H groups in total. The number of rotatable bonds is 2. The van der Waals surface area contributed by atoms with Crippen molar-refractivity contribution >= 4 is 11.8 Å². The molecule has 2 aliphatic rings. The standard InChI is InChI=1S/2C12H23NO2/c2*1-8-5-6-9(7-10(8)14)13-11(15)12(2,3)4/h2*8-10,14H,5-7H2,1-4H3,(H,13,15)/t2*8-,9-,10-/m10/s1. The highest BCUT2D eigenvalue weighted by molar-refractivity contribution is 5.82. The normalized spacial score (nSPS) is 32.5. The van der Waals surface area contributed by atoms with Crippen LogP contribution in [0.1, 0.15) is 93.9 Å². The highest BCUT2D eigenvalue weighted by Gasteiger charge is 2.31. The molecular formula is C24H46N2O4. The Balaban J connectivity index is 0.000000300. The average molecular weight is 427 g/mol. The zero-order chi connectivity index (χ0) is 23.3. The molecule has 2 amide bonds. The van der Waals surface area contributed by atoms with E-state index in [4.69, 9.17) is 0 Å². The Bertz CT molecular complexity index is 515. The lowest BCUT2D eigenvalue weighted by molar-refractivity contribution is -0.130. The fraction of sp³-hybridized carbons (Fsp3) is 0.917. The summed E-state index contributed by atoms with van der Waals surface area (Å²) in [4.78, 5) is 23.5. The molecule has 2 fully saturated rings. The highest BCUT2D eigenvalue weighted by atomic mass is 16.3.